The number of carbonyl (C=O) groups excluding carboxylic acids is 1. The minimum Gasteiger partial charge on any atom is -0.479 e. The molecule has 0 aliphatic carbocycles. The summed E-state index contributed by atoms with van der Waals surface area (Å²) in [4.78, 5) is 24.9. The van der Waals surface area contributed by atoms with Crippen LogP contribution in [0.5, 0.6) is 0 Å². The van der Waals surface area contributed by atoms with Crippen molar-refractivity contribution >= 4 is 22.8 Å². The molecule has 1 aliphatic rings. The van der Waals surface area contributed by atoms with Crippen LogP contribution < -0.4 is 5.32 Å². The smallest absolute Gasteiger partial charge is 0.329 e. The zero-order valence-electron chi connectivity index (χ0n) is 11.5. The van der Waals surface area contributed by atoms with Crippen molar-refractivity contribution in [3.05, 3.63) is 0 Å². The van der Waals surface area contributed by atoms with E-state index in [1.165, 1.54) is 4.90 Å². The van der Waals surface area contributed by atoms with Gasteiger partial charge in [-0.15, -0.1) is 0 Å². The predicted octanol–water partition coefficient (Wildman–Crippen LogP) is 0.794. The molecule has 6 nitrogen and oxygen atoms in total. The molecular formula is C12H22N2O4S. The van der Waals surface area contributed by atoms with Crippen LogP contribution in [0.25, 0.3) is 0 Å². The third-order valence-electron chi connectivity index (χ3n) is 3.60. The van der Waals surface area contributed by atoms with Crippen LogP contribution >= 0.6 is 0 Å². The van der Waals surface area contributed by atoms with E-state index in [2.05, 4.69) is 5.32 Å². The number of nitrogens with one attached hydrogen (secondary N) is 1. The van der Waals surface area contributed by atoms with Crippen LogP contribution in [0, 0.1) is 0 Å². The SMILES string of the molecule is CCC1(C(=O)O)CCCN1C(=O)NCCCS(C)=O. The molecule has 1 fully saturated rings. The van der Waals surface area contributed by atoms with Gasteiger partial charge in [-0.3, -0.25) is 4.21 Å². The molecule has 19 heavy (non-hydrogen) atoms. The Bertz CT molecular complexity index is 375. The number of carboxylic acids is 1. The van der Waals surface area contributed by atoms with Gasteiger partial charge in [0.25, 0.3) is 0 Å². The summed E-state index contributed by atoms with van der Waals surface area (Å²) < 4.78 is 10.9. The average molecular weight is 290 g/mol. The molecule has 0 aromatic carbocycles. The summed E-state index contributed by atoms with van der Waals surface area (Å²) in [5.74, 6) is -0.393. The first-order chi connectivity index (χ1) is 8.94. The van der Waals surface area contributed by atoms with Crippen LogP contribution in [-0.2, 0) is 15.6 Å². The van der Waals surface area contributed by atoms with E-state index < -0.39 is 22.3 Å². The Morgan fingerprint density at radius 2 is 2.16 bits per heavy atom. The number of hydrogen-bond donors (Lipinski definition) is 2. The molecule has 110 valence electrons. The van der Waals surface area contributed by atoms with E-state index in [4.69, 9.17) is 0 Å². The van der Waals surface area contributed by atoms with Gasteiger partial charge >= 0.3 is 12.0 Å². The molecule has 2 unspecified atom stereocenters. The topological polar surface area (TPSA) is 86.7 Å². The molecule has 1 saturated heterocycles. The molecule has 1 rings (SSSR count). The zero-order valence-corrected chi connectivity index (χ0v) is 12.3. The maximum absolute atomic E-state index is 12.0. The Morgan fingerprint density at radius 3 is 2.68 bits per heavy atom. The Labute approximate surface area is 116 Å². The summed E-state index contributed by atoms with van der Waals surface area (Å²) >= 11 is 0. The summed E-state index contributed by atoms with van der Waals surface area (Å²) in [5, 5.41) is 12.1. The standard InChI is InChI=1S/C12H22N2O4S/c1-3-12(10(15)16)6-4-8-14(12)11(17)13-7-5-9-19(2)18/h3-9H2,1-2H3,(H,13,17)(H,15,16). The molecule has 0 aromatic rings. The highest BCUT2D eigenvalue weighted by Gasteiger charge is 2.48. The minimum atomic E-state index is -1.06. The summed E-state index contributed by atoms with van der Waals surface area (Å²) in [6.07, 6.45) is 3.89. The van der Waals surface area contributed by atoms with Crippen LogP contribution in [0.3, 0.4) is 0 Å². The number of carboxylic acid groups (broad SMARTS) is 1. The number of rotatable bonds is 6. The molecule has 0 saturated carbocycles. The third kappa shape index (κ3) is 3.68. The van der Waals surface area contributed by atoms with Gasteiger partial charge in [-0.25, -0.2) is 9.59 Å². The lowest BCUT2D eigenvalue weighted by Gasteiger charge is -2.33. The van der Waals surface area contributed by atoms with Crippen LogP contribution in [0.2, 0.25) is 0 Å². The van der Waals surface area contributed by atoms with E-state index in [0.717, 1.165) is 0 Å². The summed E-state index contributed by atoms with van der Waals surface area (Å²) in [6, 6.07) is -0.330. The van der Waals surface area contributed by atoms with Gasteiger partial charge in [0.1, 0.15) is 5.54 Å². The Balaban J connectivity index is 2.55. The molecule has 0 aromatic heterocycles. The molecular weight excluding hydrogens is 268 g/mol. The van der Waals surface area contributed by atoms with Crippen molar-refractivity contribution < 1.29 is 18.9 Å². The van der Waals surface area contributed by atoms with E-state index >= 15 is 0 Å². The predicted molar refractivity (Wildman–Crippen MR) is 73.5 cm³/mol. The molecule has 0 spiro atoms. The monoisotopic (exact) mass is 290 g/mol. The van der Waals surface area contributed by atoms with Gasteiger partial charge in [0.05, 0.1) is 0 Å². The average Bonchev–Trinajstić information content (AvgIpc) is 2.79. The largest absolute Gasteiger partial charge is 0.479 e. The fraction of sp³-hybridized carbons (Fsp3) is 0.833. The number of aliphatic carboxylic acids is 1. The van der Waals surface area contributed by atoms with Gasteiger partial charge in [0, 0.05) is 35.9 Å². The quantitative estimate of drug-likeness (QED) is 0.708. The molecule has 2 N–H and O–H groups in total. The summed E-state index contributed by atoms with van der Waals surface area (Å²) in [5.41, 5.74) is -1.06. The first-order valence-electron chi connectivity index (χ1n) is 6.53. The number of urea groups is 1. The van der Waals surface area contributed by atoms with Crippen molar-refractivity contribution in [1.29, 1.82) is 0 Å². The fourth-order valence-electron chi connectivity index (χ4n) is 2.48. The van der Waals surface area contributed by atoms with E-state index in [9.17, 15) is 18.9 Å². The summed E-state index contributed by atoms with van der Waals surface area (Å²) in [7, 11) is -0.865. The molecule has 0 bridgehead atoms. The van der Waals surface area contributed by atoms with Gasteiger partial charge in [0.15, 0.2) is 0 Å². The second-order valence-corrected chi connectivity index (χ2v) is 6.36. The maximum Gasteiger partial charge on any atom is 0.329 e. The van der Waals surface area contributed by atoms with E-state index in [1.807, 2.05) is 0 Å². The van der Waals surface area contributed by atoms with Crippen molar-refractivity contribution in [3.8, 4) is 0 Å². The fourth-order valence-corrected chi connectivity index (χ4v) is 3.03. The summed E-state index contributed by atoms with van der Waals surface area (Å²) in [6.45, 7) is 2.69. The third-order valence-corrected chi connectivity index (χ3v) is 4.47. The van der Waals surface area contributed by atoms with Crippen LogP contribution in [0.4, 0.5) is 4.79 Å². The highest BCUT2D eigenvalue weighted by Crippen LogP contribution is 2.32. The molecule has 2 atom stereocenters. The van der Waals surface area contributed by atoms with Crippen molar-refractivity contribution in [2.45, 2.75) is 38.1 Å². The van der Waals surface area contributed by atoms with Gasteiger partial charge < -0.3 is 15.3 Å². The van der Waals surface area contributed by atoms with Crippen LogP contribution in [-0.4, -0.2) is 56.9 Å². The van der Waals surface area contributed by atoms with Crippen molar-refractivity contribution in [2.75, 3.05) is 25.1 Å². The molecule has 0 radical (unpaired) electrons. The Hall–Kier alpha value is -1.11. The molecule has 1 aliphatic heterocycles. The zero-order chi connectivity index (χ0) is 14.5. The van der Waals surface area contributed by atoms with Crippen LogP contribution in [0.15, 0.2) is 0 Å². The van der Waals surface area contributed by atoms with E-state index in [0.29, 0.717) is 44.5 Å². The highest BCUT2D eigenvalue weighted by atomic mass is 32.2. The number of nitrogens with zero attached hydrogens (tertiary/aromatic N) is 1. The van der Waals surface area contributed by atoms with Gasteiger partial charge in [0.2, 0.25) is 0 Å². The van der Waals surface area contributed by atoms with E-state index in [1.54, 1.807) is 13.2 Å². The number of carbonyl (C=O) groups is 2. The van der Waals surface area contributed by atoms with Gasteiger partial charge in [-0.05, 0) is 25.7 Å². The first-order valence-corrected chi connectivity index (χ1v) is 8.25. The molecule has 1 heterocycles. The van der Waals surface area contributed by atoms with E-state index in [-0.39, 0.29) is 6.03 Å². The molecule has 7 heteroatoms. The number of amides is 2. The first kappa shape index (κ1) is 15.9. The lowest BCUT2D eigenvalue weighted by molar-refractivity contribution is -0.148. The maximum atomic E-state index is 12.0. The Morgan fingerprint density at radius 1 is 1.47 bits per heavy atom. The van der Waals surface area contributed by atoms with Crippen LogP contribution in [0.1, 0.15) is 32.6 Å². The number of hydrogen-bond acceptors (Lipinski definition) is 3. The van der Waals surface area contributed by atoms with Crippen molar-refractivity contribution in [2.24, 2.45) is 0 Å². The van der Waals surface area contributed by atoms with Gasteiger partial charge in [-0.1, -0.05) is 6.92 Å². The van der Waals surface area contributed by atoms with Gasteiger partial charge in [-0.2, -0.15) is 0 Å². The lowest BCUT2D eigenvalue weighted by Crippen LogP contribution is -2.55. The van der Waals surface area contributed by atoms with Crippen molar-refractivity contribution in [3.63, 3.8) is 0 Å². The molecule has 2 amide bonds. The second-order valence-electron chi connectivity index (χ2n) is 4.81. The second kappa shape index (κ2) is 6.88. The number of likely N-dealkylation sites (tertiary alicyclic amines) is 1. The normalized spacial score (nSPS) is 24.2. The Kier molecular flexibility index (Phi) is 5.78. The van der Waals surface area contributed by atoms with Crippen molar-refractivity contribution in [1.82, 2.24) is 10.2 Å². The minimum absolute atomic E-state index is 0.330. The highest BCUT2D eigenvalue weighted by molar-refractivity contribution is 7.84. The lowest BCUT2D eigenvalue weighted by atomic mass is 9.93.